The molecule has 0 aliphatic carbocycles. The highest BCUT2D eigenvalue weighted by molar-refractivity contribution is 9.10. The maximum atomic E-state index is 12.2. The van der Waals surface area contributed by atoms with Crippen LogP contribution in [0.25, 0.3) is 0 Å². The highest BCUT2D eigenvalue weighted by atomic mass is 79.9. The molecule has 2 aromatic carbocycles. The first-order valence-electron chi connectivity index (χ1n) is 5.77. The Morgan fingerprint density at radius 1 is 1.00 bits per heavy atom. The summed E-state index contributed by atoms with van der Waals surface area (Å²) < 4.78 is 37.6. The van der Waals surface area contributed by atoms with Crippen molar-refractivity contribution < 1.29 is 13.2 Å². The highest BCUT2D eigenvalue weighted by Crippen LogP contribution is 2.37. The number of benzene rings is 2. The number of halogens is 4. The molecule has 20 heavy (non-hydrogen) atoms. The third-order valence-electron chi connectivity index (χ3n) is 2.53. The average Bonchev–Trinajstić information content (AvgIpc) is 2.38. The summed E-state index contributed by atoms with van der Waals surface area (Å²) in [5.74, 6) is 0. The lowest BCUT2D eigenvalue weighted by Crippen LogP contribution is -2.01. The second-order valence-electron chi connectivity index (χ2n) is 4.02. The Balaban J connectivity index is 1.96. The van der Waals surface area contributed by atoms with E-state index in [4.69, 9.17) is 0 Å². The van der Waals surface area contributed by atoms with Crippen molar-refractivity contribution in [2.24, 2.45) is 0 Å². The fraction of sp³-hybridized carbons (Fsp3) is 0.143. The molecule has 0 bridgehead atoms. The summed E-state index contributed by atoms with van der Waals surface area (Å²) in [6.45, 7) is 0.604. The lowest BCUT2D eigenvalue weighted by atomic mass is 10.2. The van der Waals surface area contributed by atoms with Crippen LogP contribution in [0, 0.1) is 0 Å². The van der Waals surface area contributed by atoms with Crippen LogP contribution in [0.1, 0.15) is 5.56 Å². The molecule has 1 N–H and O–H groups in total. The zero-order valence-electron chi connectivity index (χ0n) is 10.2. The maximum absolute atomic E-state index is 12.2. The molecule has 0 unspecified atom stereocenters. The van der Waals surface area contributed by atoms with Gasteiger partial charge in [0.1, 0.15) is 0 Å². The summed E-state index contributed by atoms with van der Waals surface area (Å²) in [7, 11) is 0. The maximum Gasteiger partial charge on any atom is 0.446 e. The van der Waals surface area contributed by atoms with Gasteiger partial charge < -0.3 is 5.32 Å². The van der Waals surface area contributed by atoms with Gasteiger partial charge in [0.25, 0.3) is 0 Å². The van der Waals surface area contributed by atoms with E-state index in [1.54, 1.807) is 12.1 Å². The molecule has 0 heterocycles. The van der Waals surface area contributed by atoms with E-state index >= 15 is 0 Å². The quantitative estimate of drug-likeness (QED) is 0.703. The molecule has 0 saturated carbocycles. The van der Waals surface area contributed by atoms with Gasteiger partial charge in [-0.2, -0.15) is 13.2 Å². The van der Waals surface area contributed by atoms with Gasteiger partial charge in [0, 0.05) is 21.6 Å². The standard InChI is InChI=1S/C14H11BrF3NS/c15-13-4-2-1-3-10(13)9-19-11-5-7-12(8-6-11)20-14(16,17)18/h1-8,19H,9H2. The van der Waals surface area contributed by atoms with Crippen molar-refractivity contribution in [3.05, 3.63) is 58.6 Å². The SMILES string of the molecule is FC(F)(F)Sc1ccc(NCc2ccccc2Br)cc1. The zero-order valence-corrected chi connectivity index (χ0v) is 12.6. The van der Waals surface area contributed by atoms with Gasteiger partial charge in [0.05, 0.1) is 0 Å². The van der Waals surface area contributed by atoms with E-state index in [1.807, 2.05) is 24.3 Å². The van der Waals surface area contributed by atoms with Crippen LogP contribution in [0.4, 0.5) is 18.9 Å². The molecule has 2 aromatic rings. The van der Waals surface area contributed by atoms with Crippen molar-refractivity contribution >= 4 is 33.4 Å². The zero-order chi connectivity index (χ0) is 14.6. The fourth-order valence-corrected chi connectivity index (χ4v) is 2.58. The summed E-state index contributed by atoms with van der Waals surface area (Å²) in [5, 5.41) is 3.17. The number of thioether (sulfide) groups is 1. The van der Waals surface area contributed by atoms with E-state index in [2.05, 4.69) is 21.2 Å². The molecule has 0 aromatic heterocycles. The molecule has 0 fully saturated rings. The third-order valence-corrected chi connectivity index (χ3v) is 4.04. The van der Waals surface area contributed by atoms with Crippen molar-refractivity contribution in [3.8, 4) is 0 Å². The molecule has 0 spiro atoms. The summed E-state index contributed by atoms with van der Waals surface area (Å²) in [5.41, 5.74) is -2.38. The van der Waals surface area contributed by atoms with Gasteiger partial charge in [0.15, 0.2) is 0 Å². The number of anilines is 1. The van der Waals surface area contributed by atoms with Gasteiger partial charge in [-0.15, -0.1) is 0 Å². The lowest BCUT2D eigenvalue weighted by molar-refractivity contribution is -0.0328. The van der Waals surface area contributed by atoms with E-state index < -0.39 is 5.51 Å². The molecular weight excluding hydrogens is 351 g/mol. The molecule has 106 valence electrons. The van der Waals surface area contributed by atoms with Gasteiger partial charge in [-0.25, -0.2) is 0 Å². The number of hydrogen-bond donors (Lipinski definition) is 1. The van der Waals surface area contributed by atoms with Gasteiger partial charge in [-0.05, 0) is 47.7 Å². The molecule has 0 amide bonds. The second kappa shape index (κ2) is 6.54. The van der Waals surface area contributed by atoms with Crippen LogP contribution in [0.2, 0.25) is 0 Å². The first-order chi connectivity index (χ1) is 9.44. The van der Waals surface area contributed by atoms with Crippen molar-refractivity contribution in [2.45, 2.75) is 16.9 Å². The lowest BCUT2D eigenvalue weighted by Gasteiger charge is -2.09. The topological polar surface area (TPSA) is 12.0 Å². The molecule has 2 rings (SSSR count). The van der Waals surface area contributed by atoms with Crippen LogP contribution in [-0.2, 0) is 6.54 Å². The van der Waals surface area contributed by atoms with Gasteiger partial charge in [-0.3, -0.25) is 0 Å². The van der Waals surface area contributed by atoms with Crippen molar-refractivity contribution in [2.75, 3.05) is 5.32 Å². The molecule has 0 radical (unpaired) electrons. The van der Waals surface area contributed by atoms with Crippen LogP contribution in [0.5, 0.6) is 0 Å². The Morgan fingerprint density at radius 2 is 1.65 bits per heavy atom. The summed E-state index contributed by atoms with van der Waals surface area (Å²) >= 11 is 3.34. The molecule has 0 aliphatic rings. The van der Waals surface area contributed by atoms with E-state index in [-0.39, 0.29) is 16.7 Å². The van der Waals surface area contributed by atoms with Gasteiger partial charge in [0.2, 0.25) is 0 Å². The number of rotatable bonds is 4. The predicted octanol–water partition coefficient (Wildman–Crippen LogP) is 5.67. The summed E-state index contributed by atoms with van der Waals surface area (Å²) in [4.78, 5) is 0.184. The number of nitrogens with one attached hydrogen (secondary N) is 1. The first kappa shape index (κ1) is 15.3. The molecular formula is C14H11BrF3NS. The van der Waals surface area contributed by atoms with Crippen molar-refractivity contribution in [1.82, 2.24) is 0 Å². The molecule has 0 saturated heterocycles. The fourth-order valence-electron chi connectivity index (χ4n) is 1.61. The van der Waals surface area contributed by atoms with E-state index in [0.717, 1.165) is 15.7 Å². The monoisotopic (exact) mass is 361 g/mol. The minimum Gasteiger partial charge on any atom is -0.381 e. The van der Waals surface area contributed by atoms with Gasteiger partial charge in [-0.1, -0.05) is 34.1 Å². The van der Waals surface area contributed by atoms with Crippen LogP contribution >= 0.6 is 27.7 Å². The average molecular weight is 362 g/mol. The predicted molar refractivity (Wildman–Crippen MR) is 79.8 cm³/mol. The second-order valence-corrected chi connectivity index (χ2v) is 6.01. The molecule has 6 heteroatoms. The number of hydrogen-bond acceptors (Lipinski definition) is 2. The Morgan fingerprint density at radius 3 is 2.25 bits per heavy atom. The van der Waals surface area contributed by atoms with Crippen molar-refractivity contribution in [3.63, 3.8) is 0 Å². The molecule has 0 atom stereocenters. The largest absolute Gasteiger partial charge is 0.446 e. The number of alkyl halides is 3. The van der Waals surface area contributed by atoms with Crippen LogP contribution in [-0.4, -0.2) is 5.51 Å². The normalized spacial score (nSPS) is 11.4. The van der Waals surface area contributed by atoms with Crippen LogP contribution < -0.4 is 5.32 Å². The van der Waals surface area contributed by atoms with E-state index in [1.165, 1.54) is 12.1 Å². The Bertz CT molecular complexity index is 569. The van der Waals surface area contributed by atoms with Gasteiger partial charge >= 0.3 is 5.51 Å². The smallest absolute Gasteiger partial charge is 0.381 e. The van der Waals surface area contributed by atoms with E-state index in [9.17, 15) is 13.2 Å². The Kier molecular flexibility index (Phi) is 4.99. The highest BCUT2D eigenvalue weighted by Gasteiger charge is 2.28. The summed E-state index contributed by atoms with van der Waals surface area (Å²) in [6.07, 6.45) is 0. The third kappa shape index (κ3) is 4.76. The molecule has 1 nitrogen and oxygen atoms in total. The van der Waals surface area contributed by atoms with Crippen molar-refractivity contribution in [1.29, 1.82) is 0 Å². The Labute approximate surface area is 127 Å². The van der Waals surface area contributed by atoms with Crippen LogP contribution in [0.3, 0.4) is 0 Å². The minimum atomic E-state index is -4.25. The van der Waals surface area contributed by atoms with Crippen LogP contribution in [0.15, 0.2) is 57.9 Å². The molecule has 0 aliphatic heterocycles. The van der Waals surface area contributed by atoms with E-state index in [0.29, 0.717) is 6.54 Å². The minimum absolute atomic E-state index is 0.109. The summed E-state index contributed by atoms with van der Waals surface area (Å²) in [6, 6.07) is 14.0. The first-order valence-corrected chi connectivity index (χ1v) is 7.38. The Hall–Kier alpha value is -1.14.